The van der Waals surface area contributed by atoms with Crippen LogP contribution in [0.5, 0.6) is 0 Å². The van der Waals surface area contributed by atoms with Gasteiger partial charge in [0.15, 0.2) is 0 Å². The van der Waals surface area contributed by atoms with Crippen LogP contribution in [0.4, 0.5) is 0 Å². The molecule has 26 heavy (non-hydrogen) atoms. The van der Waals surface area contributed by atoms with E-state index in [0.29, 0.717) is 18.6 Å². The van der Waals surface area contributed by atoms with E-state index in [1.165, 1.54) is 0 Å². The molecule has 1 aliphatic rings. The first-order valence-corrected chi connectivity index (χ1v) is 11.5. The Morgan fingerprint density at radius 2 is 1.88 bits per heavy atom. The molecule has 0 aliphatic carbocycles. The minimum absolute atomic E-state index is 0.0221. The van der Waals surface area contributed by atoms with Gasteiger partial charge < -0.3 is 25.2 Å². The number of aliphatic hydroxyl groups excluding tert-OH is 4. The molecule has 0 aromatic carbocycles. The van der Waals surface area contributed by atoms with Crippen LogP contribution in [0.2, 0.25) is 0 Å². The van der Waals surface area contributed by atoms with Gasteiger partial charge >= 0.3 is 10.4 Å². The van der Waals surface area contributed by atoms with Crippen molar-refractivity contribution in [3.8, 4) is 0 Å². The Hall–Kier alpha value is -0.320. The molecule has 11 nitrogen and oxygen atoms in total. The summed E-state index contributed by atoms with van der Waals surface area (Å²) in [7, 11) is -5.83. The lowest BCUT2D eigenvalue weighted by Gasteiger charge is -2.39. The fraction of sp³-hybridized carbons (Fsp3) is 0.917. The molecule has 0 radical (unpaired) electrons. The second kappa shape index (κ2) is 10.9. The molecule has 1 saturated heterocycles. The summed E-state index contributed by atoms with van der Waals surface area (Å²) in [5.74, 6) is 0.428. The lowest BCUT2D eigenvalue weighted by atomic mass is 10.0. The van der Waals surface area contributed by atoms with Crippen LogP contribution in [-0.2, 0) is 30.2 Å². The quantitative estimate of drug-likeness (QED) is 0.0901. The number of aliphatic hydroxyl groups is 4. The van der Waals surface area contributed by atoms with Crippen LogP contribution in [0.1, 0.15) is 19.3 Å². The first-order chi connectivity index (χ1) is 12.0. The van der Waals surface area contributed by atoms with Crippen molar-refractivity contribution >= 4 is 38.0 Å². The van der Waals surface area contributed by atoms with E-state index >= 15 is 0 Å². The highest BCUT2D eigenvalue weighted by Gasteiger charge is 2.44. The molecule has 14 heteroatoms. The van der Waals surface area contributed by atoms with Gasteiger partial charge in [-0.25, -0.2) is 4.28 Å². The monoisotopic (exact) mass is 437 g/mol. The number of oxime groups is 1. The van der Waals surface area contributed by atoms with Crippen molar-refractivity contribution in [1.82, 2.24) is 0 Å². The van der Waals surface area contributed by atoms with Gasteiger partial charge in [0.05, 0.1) is 6.61 Å². The SMILES string of the molecule is C[S@](=O)CCCCC(=NOS(=O)(=O)O)S[C@@H]1O[C@H](CO)[C@@H](O)[C@H](O)[C@H]1O. The average Bonchev–Trinajstić information content (AvgIpc) is 2.55. The molecule has 0 bridgehead atoms. The lowest BCUT2D eigenvalue weighted by molar-refractivity contribution is -0.205. The van der Waals surface area contributed by atoms with Gasteiger partial charge in [-0.2, -0.15) is 8.42 Å². The molecule has 1 rings (SSSR count). The summed E-state index contributed by atoms with van der Waals surface area (Å²) >= 11 is 0.717. The molecule has 0 aromatic heterocycles. The van der Waals surface area contributed by atoms with Crippen molar-refractivity contribution in [2.45, 2.75) is 49.1 Å². The third kappa shape index (κ3) is 8.14. The van der Waals surface area contributed by atoms with Gasteiger partial charge in [-0.15, -0.1) is 0 Å². The summed E-state index contributed by atoms with van der Waals surface area (Å²) in [5, 5.41) is 42.0. The summed E-state index contributed by atoms with van der Waals surface area (Å²) in [4.78, 5) is 0. The molecule has 1 aliphatic heterocycles. The number of hydrogen-bond acceptors (Lipinski definition) is 11. The average molecular weight is 438 g/mol. The van der Waals surface area contributed by atoms with E-state index in [2.05, 4.69) is 9.44 Å². The van der Waals surface area contributed by atoms with Crippen molar-refractivity contribution in [3.63, 3.8) is 0 Å². The van der Waals surface area contributed by atoms with Crippen LogP contribution < -0.4 is 0 Å². The maximum atomic E-state index is 11.1. The van der Waals surface area contributed by atoms with Gasteiger partial charge in [0, 0.05) is 22.8 Å². The highest BCUT2D eigenvalue weighted by atomic mass is 32.3. The highest BCUT2D eigenvalue weighted by Crippen LogP contribution is 2.30. The summed E-state index contributed by atoms with van der Waals surface area (Å²) in [5.41, 5.74) is -1.17. The van der Waals surface area contributed by atoms with Crippen molar-refractivity contribution in [2.24, 2.45) is 5.16 Å². The Labute approximate surface area is 157 Å². The zero-order valence-corrected chi connectivity index (χ0v) is 16.3. The Morgan fingerprint density at radius 1 is 1.23 bits per heavy atom. The third-order valence-electron chi connectivity index (χ3n) is 3.41. The number of ether oxygens (including phenoxy) is 1. The van der Waals surface area contributed by atoms with Crippen LogP contribution in [0.25, 0.3) is 0 Å². The second-order valence-corrected chi connectivity index (χ2v) is 9.27. The van der Waals surface area contributed by atoms with Gasteiger partial charge in [-0.3, -0.25) is 8.76 Å². The number of thioether (sulfide) groups is 1. The highest BCUT2D eigenvalue weighted by molar-refractivity contribution is 8.14. The summed E-state index contributed by atoms with van der Waals surface area (Å²) in [6, 6.07) is 0. The molecule has 154 valence electrons. The van der Waals surface area contributed by atoms with E-state index in [-0.39, 0.29) is 11.5 Å². The fourth-order valence-corrected chi connectivity index (χ4v) is 4.05. The molecule has 0 amide bonds. The van der Waals surface area contributed by atoms with E-state index < -0.39 is 57.7 Å². The molecular weight excluding hydrogens is 414 g/mol. The standard InChI is InChI=1S/C12H23NO10S3/c1-25(18)5-3-2-4-8(13-23-26(19,20)21)24-12-11(17)10(16)9(15)7(6-14)22-12/h7,9-12,14-17H,2-6H2,1H3,(H,19,20,21)/t7-,9-,10+,11-,12+,25+/m1/s1. The smallest absolute Gasteiger partial charge is 0.394 e. The van der Waals surface area contributed by atoms with Gasteiger partial charge in [0.1, 0.15) is 34.9 Å². The molecule has 0 aromatic rings. The van der Waals surface area contributed by atoms with Crippen molar-refractivity contribution < 1.29 is 46.6 Å². The van der Waals surface area contributed by atoms with Crippen LogP contribution in [0, 0.1) is 0 Å². The zero-order chi connectivity index (χ0) is 19.9. The Bertz CT molecular complexity index is 596. The number of hydrogen-bond donors (Lipinski definition) is 5. The second-order valence-electron chi connectivity index (χ2n) is 5.54. The predicted octanol–water partition coefficient (Wildman–Crippen LogP) is -1.80. The lowest BCUT2D eigenvalue weighted by Crippen LogP contribution is -2.57. The minimum atomic E-state index is -4.83. The summed E-state index contributed by atoms with van der Waals surface area (Å²) in [6.45, 7) is -0.613. The molecule has 1 heterocycles. The normalized spacial score (nSPS) is 31.6. The fourth-order valence-electron chi connectivity index (χ4n) is 2.10. The van der Waals surface area contributed by atoms with Crippen LogP contribution in [0.3, 0.4) is 0 Å². The first-order valence-electron chi connectivity index (χ1n) is 7.55. The number of rotatable bonds is 9. The van der Waals surface area contributed by atoms with Crippen LogP contribution in [0.15, 0.2) is 5.16 Å². The molecule has 5 N–H and O–H groups in total. The van der Waals surface area contributed by atoms with Crippen molar-refractivity contribution in [1.29, 1.82) is 0 Å². The van der Waals surface area contributed by atoms with Crippen molar-refractivity contribution in [3.05, 3.63) is 0 Å². The first kappa shape index (κ1) is 23.7. The molecule has 6 atom stereocenters. The topological polar surface area (TPSA) is 183 Å². The van der Waals surface area contributed by atoms with E-state index in [9.17, 15) is 27.9 Å². The van der Waals surface area contributed by atoms with E-state index in [0.717, 1.165) is 11.8 Å². The number of nitrogens with zero attached hydrogens (tertiary/aromatic N) is 1. The maximum absolute atomic E-state index is 11.1. The Balaban J connectivity index is 2.80. The molecule has 0 unspecified atom stereocenters. The third-order valence-corrected chi connectivity index (χ3v) is 5.71. The summed E-state index contributed by atoms with van der Waals surface area (Å²) in [6.07, 6.45) is -3.09. The Kier molecular flexibility index (Phi) is 9.92. The van der Waals surface area contributed by atoms with E-state index in [4.69, 9.17) is 14.4 Å². The largest absolute Gasteiger partial charge is 0.466 e. The van der Waals surface area contributed by atoms with Crippen LogP contribution >= 0.6 is 11.8 Å². The van der Waals surface area contributed by atoms with Gasteiger partial charge in [0.25, 0.3) is 0 Å². The van der Waals surface area contributed by atoms with Gasteiger partial charge in [-0.05, 0) is 19.3 Å². The van der Waals surface area contributed by atoms with E-state index in [1.807, 2.05) is 0 Å². The number of unbranched alkanes of at least 4 members (excludes halogenated alkanes) is 1. The molecule has 0 spiro atoms. The Morgan fingerprint density at radius 3 is 2.42 bits per heavy atom. The predicted molar refractivity (Wildman–Crippen MR) is 94.2 cm³/mol. The summed E-state index contributed by atoms with van der Waals surface area (Å²) < 4.78 is 50.4. The van der Waals surface area contributed by atoms with Crippen molar-refractivity contribution in [2.75, 3.05) is 18.6 Å². The molecule has 0 saturated carbocycles. The van der Waals surface area contributed by atoms with Crippen LogP contribution in [-0.4, -0.2) is 91.1 Å². The van der Waals surface area contributed by atoms with Gasteiger partial charge in [0.2, 0.25) is 0 Å². The van der Waals surface area contributed by atoms with E-state index in [1.54, 1.807) is 6.26 Å². The van der Waals surface area contributed by atoms with Gasteiger partial charge in [-0.1, -0.05) is 16.9 Å². The zero-order valence-electron chi connectivity index (χ0n) is 13.9. The maximum Gasteiger partial charge on any atom is 0.466 e. The molecule has 1 fully saturated rings. The minimum Gasteiger partial charge on any atom is -0.394 e. The molecular formula is C12H23NO10S3.